The molecule has 0 aliphatic carbocycles. The van der Waals surface area contributed by atoms with Crippen molar-refractivity contribution < 1.29 is 0 Å². The first kappa shape index (κ1) is 13.6. The smallest absolute Gasteiger partial charge is 0.0563 e. The molecule has 18 heavy (non-hydrogen) atoms. The second-order valence-corrected chi connectivity index (χ2v) is 5.86. The normalized spacial score (nSPS) is 12.5. The Labute approximate surface area is 121 Å². The first-order valence-corrected chi connectivity index (χ1v) is 6.93. The van der Waals surface area contributed by atoms with Crippen molar-refractivity contribution in [2.24, 2.45) is 5.73 Å². The molecule has 3 heteroatoms. The van der Waals surface area contributed by atoms with E-state index in [0.29, 0.717) is 5.02 Å². The van der Waals surface area contributed by atoms with Crippen LogP contribution in [0.3, 0.4) is 0 Å². The van der Waals surface area contributed by atoms with E-state index >= 15 is 0 Å². The number of halogens is 2. The fourth-order valence-electron chi connectivity index (χ4n) is 2.12. The molecule has 0 aromatic heterocycles. The molecule has 0 amide bonds. The van der Waals surface area contributed by atoms with Gasteiger partial charge in [-0.1, -0.05) is 62.9 Å². The van der Waals surface area contributed by atoms with Gasteiger partial charge in [-0.25, -0.2) is 0 Å². The van der Waals surface area contributed by atoms with E-state index in [9.17, 15) is 0 Å². The number of benzene rings is 2. The van der Waals surface area contributed by atoms with Crippen LogP contribution in [-0.2, 0) is 0 Å². The molecule has 0 spiro atoms. The molecule has 1 atom stereocenters. The molecule has 94 valence electrons. The maximum absolute atomic E-state index is 6.33. The molecule has 0 saturated heterocycles. The van der Waals surface area contributed by atoms with Gasteiger partial charge in [-0.2, -0.15) is 0 Å². The topological polar surface area (TPSA) is 26.0 Å². The third-order valence-electron chi connectivity index (χ3n) is 2.90. The molecule has 0 heterocycles. The van der Waals surface area contributed by atoms with Gasteiger partial charge in [-0.05, 0) is 37.1 Å². The van der Waals surface area contributed by atoms with E-state index in [1.54, 1.807) is 0 Å². The van der Waals surface area contributed by atoms with Crippen LogP contribution >= 0.6 is 27.5 Å². The van der Waals surface area contributed by atoms with E-state index in [1.807, 2.05) is 18.2 Å². The summed E-state index contributed by atoms with van der Waals surface area (Å²) >= 11 is 9.46. The zero-order valence-electron chi connectivity index (χ0n) is 10.4. The number of rotatable bonds is 2. The van der Waals surface area contributed by atoms with Gasteiger partial charge in [0.05, 0.1) is 6.04 Å². The highest BCUT2D eigenvalue weighted by atomic mass is 79.9. The second kappa shape index (κ2) is 5.43. The summed E-state index contributed by atoms with van der Waals surface area (Å²) in [5.74, 6) is 0. The first-order valence-electron chi connectivity index (χ1n) is 5.76. The van der Waals surface area contributed by atoms with Crippen molar-refractivity contribution in [2.75, 3.05) is 0 Å². The van der Waals surface area contributed by atoms with Crippen molar-refractivity contribution in [3.05, 3.63) is 68.1 Å². The number of hydrogen-bond donors (Lipinski definition) is 1. The Bertz CT molecular complexity index is 560. The fourth-order valence-corrected chi connectivity index (χ4v) is 3.05. The maximum atomic E-state index is 6.33. The van der Waals surface area contributed by atoms with E-state index < -0.39 is 0 Å². The quantitative estimate of drug-likeness (QED) is 0.846. The van der Waals surface area contributed by atoms with Gasteiger partial charge in [-0.3, -0.25) is 0 Å². The van der Waals surface area contributed by atoms with Crippen LogP contribution in [0, 0.1) is 13.8 Å². The summed E-state index contributed by atoms with van der Waals surface area (Å²) in [6.45, 7) is 4.17. The molecular formula is C15H15BrClN. The highest BCUT2D eigenvalue weighted by Gasteiger charge is 2.13. The lowest BCUT2D eigenvalue weighted by molar-refractivity contribution is 0.862. The number of hydrogen-bond acceptors (Lipinski definition) is 1. The SMILES string of the molecule is Cc1cc(C)cc(C(N)c2ccc(Cl)cc2Br)c1. The van der Waals surface area contributed by atoms with Crippen LogP contribution in [0.4, 0.5) is 0 Å². The van der Waals surface area contributed by atoms with Crippen molar-refractivity contribution >= 4 is 27.5 Å². The van der Waals surface area contributed by atoms with Crippen molar-refractivity contribution in [1.29, 1.82) is 0 Å². The van der Waals surface area contributed by atoms with E-state index in [1.165, 1.54) is 11.1 Å². The van der Waals surface area contributed by atoms with Crippen LogP contribution in [0.2, 0.25) is 5.02 Å². The van der Waals surface area contributed by atoms with Gasteiger partial charge in [0.15, 0.2) is 0 Å². The Morgan fingerprint density at radius 2 is 1.67 bits per heavy atom. The summed E-state index contributed by atoms with van der Waals surface area (Å²) in [7, 11) is 0. The molecule has 0 aliphatic rings. The van der Waals surface area contributed by atoms with E-state index in [-0.39, 0.29) is 6.04 Å². The molecule has 2 aromatic carbocycles. The van der Waals surface area contributed by atoms with Gasteiger partial charge in [0.2, 0.25) is 0 Å². The summed E-state index contributed by atoms with van der Waals surface area (Å²) in [5.41, 5.74) is 11.0. The molecule has 2 N–H and O–H groups in total. The predicted octanol–water partition coefficient (Wildman–Crippen LogP) is 4.77. The maximum Gasteiger partial charge on any atom is 0.0563 e. The van der Waals surface area contributed by atoms with E-state index in [0.717, 1.165) is 15.6 Å². The van der Waals surface area contributed by atoms with Crippen LogP contribution < -0.4 is 5.73 Å². The Balaban J connectivity index is 2.44. The molecule has 2 rings (SSSR count). The molecule has 1 nitrogen and oxygen atoms in total. The van der Waals surface area contributed by atoms with Gasteiger partial charge >= 0.3 is 0 Å². The predicted molar refractivity (Wildman–Crippen MR) is 81.1 cm³/mol. The lowest BCUT2D eigenvalue weighted by Crippen LogP contribution is -2.13. The zero-order valence-corrected chi connectivity index (χ0v) is 12.7. The lowest BCUT2D eigenvalue weighted by atomic mass is 9.96. The highest BCUT2D eigenvalue weighted by Crippen LogP contribution is 2.29. The molecule has 2 aromatic rings. The van der Waals surface area contributed by atoms with Gasteiger partial charge < -0.3 is 5.73 Å². The standard InChI is InChI=1S/C15H15BrClN/c1-9-5-10(2)7-11(6-9)15(18)13-4-3-12(17)8-14(13)16/h3-8,15H,18H2,1-2H3. The minimum absolute atomic E-state index is 0.143. The van der Waals surface area contributed by atoms with Gasteiger partial charge in [-0.15, -0.1) is 0 Å². The van der Waals surface area contributed by atoms with E-state index in [4.69, 9.17) is 17.3 Å². The fraction of sp³-hybridized carbons (Fsp3) is 0.200. The molecular weight excluding hydrogens is 310 g/mol. The van der Waals surface area contributed by atoms with Crippen LogP contribution in [-0.4, -0.2) is 0 Å². The summed E-state index contributed by atoms with van der Waals surface area (Å²) in [4.78, 5) is 0. The number of aryl methyl sites for hydroxylation is 2. The Morgan fingerprint density at radius 3 is 2.22 bits per heavy atom. The average Bonchev–Trinajstić information content (AvgIpc) is 2.26. The van der Waals surface area contributed by atoms with Crippen LogP contribution in [0.5, 0.6) is 0 Å². The molecule has 0 bridgehead atoms. The monoisotopic (exact) mass is 323 g/mol. The molecule has 0 radical (unpaired) electrons. The minimum Gasteiger partial charge on any atom is -0.320 e. The van der Waals surface area contributed by atoms with Gasteiger partial charge in [0, 0.05) is 9.50 Å². The van der Waals surface area contributed by atoms with Crippen molar-refractivity contribution in [1.82, 2.24) is 0 Å². The molecule has 0 saturated carbocycles. The van der Waals surface area contributed by atoms with Crippen LogP contribution in [0.1, 0.15) is 28.3 Å². The Kier molecular flexibility index (Phi) is 4.10. The van der Waals surface area contributed by atoms with Gasteiger partial charge in [0.1, 0.15) is 0 Å². The average molecular weight is 325 g/mol. The summed E-state index contributed by atoms with van der Waals surface area (Å²) in [6.07, 6.45) is 0. The molecule has 0 aliphatic heterocycles. The molecule has 0 fully saturated rings. The minimum atomic E-state index is -0.143. The van der Waals surface area contributed by atoms with Crippen LogP contribution in [0.25, 0.3) is 0 Å². The third-order valence-corrected chi connectivity index (χ3v) is 3.82. The van der Waals surface area contributed by atoms with Crippen LogP contribution in [0.15, 0.2) is 40.9 Å². The lowest BCUT2D eigenvalue weighted by Gasteiger charge is -2.16. The summed E-state index contributed by atoms with van der Waals surface area (Å²) in [6, 6.07) is 12.0. The Hall–Kier alpha value is -0.830. The van der Waals surface area contributed by atoms with Gasteiger partial charge in [0.25, 0.3) is 0 Å². The largest absolute Gasteiger partial charge is 0.320 e. The summed E-state index contributed by atoms with van der Waals surface area (Å²) < 4.78 is 0.946. The zero-order chi connectivity index (χ0) is 13.3. The molecule has 1 unspecified atom stereocenters. The second-order valence-electron chi connectivity index (χ2n) is 4.56. The first-order chi connectivity index (χ1) is 8.47. The van der Waals surface area contributed by atoms with Crippen molar-refractivity contribution in [3.8, 4) is 0 Å². The Morgan fingerprint density at radius 1 is 1.06 bits per heavy atom. The summed E-state index contributed by atoms with van der Waals surface area (Å²) in [5, 5.41) is 0.707. The van der Waals surface area contributed by atoms with Crippen molar-refractivity contribution in [3.63, 3.8) is 0 Å². The van der Waals surface area contributed by atoms with Crippen molar-refractivity contribution in [2.45, 2.75) is 19.9 Å². The van der Waals surface area contributed by atoms with E-state index in [2.05, 4.69) is 48.0 Å². The highest BCUT2D eigenvalue weighted by molar-refractivity contribution is 9.10. The number of nitrogens with two attached hydrogens (primary N) is 1. The third kappa shape index (κ3) is 2.94.